The van der Waals surface area contributed by atoms with Crippen molar-refractivity contribution in [2.75, 3.05) is 12.1 Å². The molecule has 1 heterocycles. The van der Waals surface area contributed by atoms with Crippen LogP contribution in [0.15, 0.2) is 72.0 Å². The van der Waals surface area contributed by atoms with Crippen LogP contribution in [0.5, 0.6) is 5.75 Å². The van der Waals surface area contributed by atoms with Crippen LogP contribution in [0.3, 0.4) is 0 Å². The monoisotopic (exact) mass is 332 g/mol. The molecular weight excluding hydrogens is 317 g/mol. The van der Waals surface area contributed by atoms with Gasteiger partial charge in [-0.2, -0.15) is 18.3 Å². The van der Waals surface area contributed by atoms with Crippen LogP contribution in [0.1, 0.15) is 11.5 Å². The Bertz CT molecular complexity index is 752. The molecule has 0 aromatic heterocycles. The number of benzene rings is 2. The number of halogens is 3. The average molecular weight is 332 g/mol. The normalized spacial score (nSPS) is 17.6. The maximum atomic E-state index is 13.5. The highest BCUT2D eigenvalue weighted by Gasteiger charge is 2.42. The van der Waals surface area contributed by atoms with Gasteiger partial charge in [0.1, 0.15) is 5.75 Å². The lowest BCUT2D eigenvalue weighted by atomic mass is 9.92. The van der Waals surface area contributed by atoms with Gasteiger partial charge in [-0.25, -0.2) is 5.01 Å². The van der Waals surface area contributed by atoms with Gasteiger partial charge in [-0.1, -0.05) is 36.4 Å². The van der Waals surface area contributed by atoms with Gasteiger partial charge in [0.25, 0.3) is 0 Å². The highest BCUT2D eigenvalue weighted by atomic mass is 19.4. The third-order valence-electron chi connectivity index (χ3n) is 3.72. The third kappa shape index (κ3) is 3.27. The van der Waals surface area contributed by atoms with Crippen molar-refractivity contribution in [2.45, 2.75) is 12.1 Å². The van der Waals surface area contributed by atoms with E-state index in [9.17, 15) is 13.2 Å². The molecular formula is C18H15F3N2O. The van der Waals surface area contributed by atoms with Crippen LogP contribution in [0, 0.1) is 0 Å². The van der Waals surface area contributed by atoms with Crippen LogP contribution in [-0.2, 0) is 0 Å². The second kappa shape index (κ2) is 6.39. The highest BCUT2D eigenvalue weighted by Crippen LogP contribution is 2.34. The molecule has 24 heavy (non-hydrogen) atoms. The molecule has 0 N–H and O–H groups in total. The van der Waals surface area contributed by atoms with Crippen LogP contribution in [0.2, 0.25) is 0 Å². The molecule has 3 rings (SSSR count). The van der Waals surface area contributed by atoms with Crippen molar-refractivity contribution < 1.29 is 17.9 Å². The first-order valence-electron chi connectivity index (χ1n) is 7.31. The molecule has 1 aliphatic heterocycles. The van der Waals surface area contributed by atoms with Gasteiger partial charge in [-0.3, -0.25) is 0 Å². The summed E-state index contributed by atoms with van der Waals surface area (Å²) in [6, 6.07) is 15.2. The highest BCUT2D eigenvalue weighted by molar-refractivity contribution is 5.98. The Kier molecular flexibility index (Phi) is 4.29. The Labute approximate surface area is 137 Å². The molecule has 2 aromatic carbocycles. The first kappa shape index (κ1) is 16.1. The second-order valence-electron chi connectivity index (χ2n) is 5.26. The minimum atomic E-state index is -4.53. The van der Waals surface area contributed by atoms with Crippen molar-refractivity contribution >= 4 is 11.4 Å². The first-order chi connectivity index (χ1) is 11.5. The molecule has 6 heteroatoms. The molecule has 124 valence electrons. The first-order valence-corrected chi connectivity index (χ1v) is 7.31. The van der Waals surface area contributed by atoms with Gasteiger partial charge in [0.05, 0.1) is 18.7 Å². The molecule has 0 bridgehead atoms. The van der Waals surface area contributed by atoms with E-state index in [1.807, 2.05) is 0 Å². The molecule has 0 saturated carbocycles. The fraction of sp³-hybridized carbons (Fsp3) is 0.167. The zero-order valence-corrected chi connectivity index (χ0v) is 12.9. The van der Waals surface area contributed by atoms with Crippen LogP contribution < -0.4 is 9.75 Å². The largest absolute Gasteiger partial charge is 0.497 e. The number of ether oxygens (including phenoxy) is 1. The third-order valence-corrected chi connectivity index (χ3v) is 3.72. The maximum absolute atomic E-state index is 13.5. The predicted molar refractivity (Wildman–Crippen MR) is 87.3 cm³/mol. The van der Waals surface area contributed by atoms with Crippen LogP contribution >= 0.6 is 0 Å². The zero-order chi connectivity index (χ0) is 17.2. The lowest BCUT2D eigenvalue weighted by Crippen LogP contribution is -2.34. The van der Waals surface area contributed by atoms with Crippen LogP contribution in [0.4, 0.5) is 18.9 Å². The van der Waals surface area contributed by atoms with Crippen molar-refractivity contribution in [1.29, 1.82) is 0 Å². The summed E-state index contributed by atoms with van der Waals surface area (Å²) in [5.74, 6) is -0.356. The van der Waals surface area contributed by atoms with E-state index in [2.05, 4.69) is 5.10 Å². The summed E-state index contributed by atoms with van der Waals surface area (Å²) < 4.78 is 45.5. The van der Waals surface area contributed by atoms with Gasteiger partial charge < -0.3 is 4.74 Å². The van der Waals surface area contributed by atoms with E-state index in [1.54, 1.807) is 60.8 Å². The number of methoxy groups -OCH3 is 1. The van der Waals surface area contributed by atoms with Crippen molar-refractivity contribution in [3.63, 3.8) is 0 Å². The molecule has 1 unspecified atom stereocenters. The number of hydrazone groups is 1. The second-order valence-corrected chi connectivity index (χ2v) is 5.26. The number of hydrogen-bond donors (Lipinski definition) is 0. The number of hydrogen-bond acceptors (Lipinski definition) is 3. The van der Waals surface area contributed by atoms with E-state index in [1.165, 1.54) is 18.2 Å². The fourth-order valence-electron chi connectivity index (χ4n) is 2.51. The van der Waals surface area contributed by atoms with Gasteiger partial charge in [0, 0.05) is 6.20 Å². The smallest absolute Gasteiger partial charge is 0.432 e. The quantitative estimate of drug-likeness (QED) is 0.812. The summed E-state index contributed by atoms with van der Waals surface area (Å²) in [5.41, 5.74) is 0.235. The van der Waals surface area contributed by atoms with Crippen molar-refractivity contribution in [2.24, 2.45) is 5.10 Å². The average Bonchev–Trinajstić information content (AvgIpc) is 2.61. The zero-order valence-electron chi connectivity index (χ0n) is 12.9. The Morgan fingerprint density at radius 1 is 1.00 bits per heavy atom. The summed E-state index contributed by atoms with van der Waals surface area (Å²) in [6.07, 6.45) is -1.47. The SMILES string of the molecule is COc1ccc(C2C=CN(c3ccccc3)N=C2C(F)(F)F)cc1. The predicted octanol–water partition coefficient (Wildman–Crippen LogP) is 4.73. The van der Waals surface area contributed by atoms with Crippen LogP contribution in [-0.4, -0.2) is 19.0 Å². The Balaban J connectivity index is 1.97. The number of allylic oxidation sites excluding steroid dienone is 1. The van der Waals surface area contributed by atoms with Gasteiger partial charge in [0.15, 0.2) is 5.71 Å². The van der Waals surface area contributed by atoms with E-state index in [0.29, 0.717) is 17.0 Å². The molecule has 0 saturated heterocycles. The number of rotatable bonds is 3. The maximum Gasteiger partial charge on any atom is 0.432 e. The van der Waals surface area contributed by atoms with Gasteiger partial charge in [-0.05, 0) is 29.8 Å². The summed E-state index contributed by atoms with van der Waals surface area (Å²) in [7, 11) is 1.51. The number of anilines is 1. The fourth-order valence-corrected chi connectivity index (χ4v) is 2.51. The molecule has 2 aromatic rings. The Morgan fingerprint density at radius 2 is 1.67 bits per heavy atom. The van der Waals surface area contributed by atoms with Crippen molar-refractivity contribution in [3.05, 3.63) is 72.4 Å². The minimum Gasteiger partial charge on any atom is -0.497 e. The van der Waals surface area contributed by atoms with Crippen molar-refractivity contribution in [3.8, 4) is 5.75 Å². The Morgan fingerprint density at radius 3 is 2.25 bits per heavy atom. The molecule has 1 atom stereocenters. The summed E-state index contributed by atoms with van der Waals surface area (Å²) in [6.45, 7) is 0. The Hall–Kier alpha value is -2.76. The molecule has 1 aliphatic rings. The van der Waals surface area contributed by atoms with E-state index in [0.717, 1.165) is 0 Å². The van der Waals surface area contributed by atoms with Crippen molar-refractivity contribution in [1.82, 2.24) is 0 Å². The lowest BCUT2D eigenvalue weighted by molar-refractivity contribution is -0.0611. The molecule has 0 fully saturated rings. The number of para-hydroxylation sites is 1. The molecule has 0 aliphatic carbocycles. The van der Waals surface area contributed by atoms with E-state index < -0.39 is 17.8 Å². The van der Waals surface area contributed by atoms with E-state index in [-0.39, 0.29) is 0 Å². The minimum absolute atomic E-state index is 0.510. The van der Waals surface area contributed by atoms with Gasteiger partial charge >= 0.3 is 6.18 Å². The molecule has 0 radical (unpaired) electrons. The summed E-state index contributed by atoms with van der Waals surface area (Å²) in [5, 5.41) is 5.07. The van der Waals surface area contributed by atoms with Crippen LogP contribution in [0.25, 0.3) is 0 Å². The topological polar surface area (TPSA) is 24.8 Å². The van der Waals surface area contributed by atoms with Gasteiger partial charge in [0.2, 0.25) is 0 Å². The molecule has 3 nitrogen and oxygen atoms in total. The van der Waals surface area contributed by atoms with E-state index >= 15 is 0 Å². The summed E-state index contributed by atoms with van der Waals surface area (Å²) in [4.78, 5) is 0. The lowest BCUT2D eigenvalue weighted by Gasteiger charge is -2.27. The van der Waals surface area contributed by atoms with E-state index in [4.69, 9.17) is 4.74 Å². The molecule has 0 amide bonds. The van der Waals surface area contributed by atoms with Gasteiger partial charge in [-0.15, -0.1) is 0 Å². The number of nitrogens with zero attached hydrogens (tertiary/aromatic N) is 2. The number of alkyl halides is 3. The molecule has 0 spiro atoms. The standard InChI is InChI=1S/C18H15F3N2O/c1-24-15-9-7-13(8-10-15)16-11-12-23(14-5-3-2-4-6-14)22-17(16)18(19,20)21/h2-12,16H,1H3. The summed E-state index contributed by atoms with van der Waals surface area (Å²) >= 11 is 0.